The van der Waals surface area contributed by atoms with Gasteiger partial charge in [-0.3, -0.25) is 9.59 Å². The largest absolute Gasteiger partial charge is 0.481 e. The van der Waals surface area contributed by atoms with Gasteiger partial charge in [0.15, 0.2) is 0 Å². The normalized spacial score (nSPS) is 25.4. The molecule has 0 radical (unpaired) electrons. The fourth-order valence-electron chi connectivity index (χ4n) is 2.85. The smallest absolute Gasteiger partial charge is 0.307 e. The van der Waals surface area contributed by atoms with Crippen molar-refractivity contribution in [2.24, 2.45) is 17.8 Å². The molecule has 0 spiro atoms. The molecular weight excluding hydrogens is 278 g/mol. The Balaban J connectivity index is 2.13. The molecule has 0 heterocycles. The number of hydrogen-bond acceptors (Lipinski definition) is 2. The van der Waals surface area contributed by atoms with E-state index in [0.29, 0.717) is 23.6 Å². The number of carbonyl (C=O) groups is 2. The van der Waals surface area contributed by atoms with Crippen LogP contribution in [0.4, 0.5) is 5.69 Å². The highest BCUT2D eigenvalue weighted by atomic mass is 35.5. The number of carboxylic acid groups (broad SMARTS) is 1. The number of rotatable bonds is 3. The number of carboxylic acids is 1. The van der Waals surface area contributed by atoms with Gasteiger partial charge in [0.25, 0.3) is 0 Å². The Bertz CT molecular complexity index is 544. The average molecular weight is 296 g/mol. The van der Waals surface area contributed by atoms with Crippen LogP contribution in [0.5, 0.6) is 0 Å². The van der Waals surface area contributed by atoms with Crippen LogP contribution in [0.2, 0.25) is 5.02 Å². The highest BCUT2D eigenvalue weighted by molar-refractivity contribution is 6.30. The molecule has 0 aromatic heterocycles. The molecule has 0 bridgehead atoms. The van der Waals surface area contributed by atoms with E-state index in [9.17, 15) is 14.7 Å². The van der Waals surface area contributed by atoms with E-state index >= 15 is 0 Å². The van der Waals surface area contributed by atoms with E-state index in [2.05, 4.69) is 5.32 Å². The summed E-state index contributed by atoms with van der Waals surface area (Å²) in [6.07, 6.45) is 1.18. The molecule has 2 N–H and O–H groups in total. The summed E-state index contributed by atoms with van der Waals surface area (Å²) < 4.78 is 0. The van der Waals surface area contributed by atoms with Crippen molar-refractivity contribution < 1.29 is 14.7 Å². The molecule has 1 aromatic rings. The summed E-state index contributed by atoms with van der Waals surface area (Å²) in [7, 11) is 0. The molecule has 1 amide bonds. The molecule has 5 heteroatoms. The van der Waals surface area contributed by atoms with Gasteiger partial charge in [-0.2, -0.15) is 0 Å². The second-order valence-corrected chi connectivity index (χ2v) is 6.01. The Hall–Kier alpha value is -1.55. The maximum atomic E-state index is 12.3. The van der Waals surface area contributed by atoms with Gasteiger partial charge in [0.05, 0.1) is 11.8 Å². The third kappa shape index (κ3) is 3.12. The van der Waals surface area contributed by atoms with Crippen LogP contribution in [0, 0.1) is 24.7 Å². The van der Waals surface area contributed by atoms with Gasteiger partial charge in [-0.15, -0.1) is 0 Å². The lowest BCUT2D eigenvalue weighted by atomic mass is 9.95. The van der Waals surface area contributed by atoms with E-state index in [1.165, 1.54) is 0 Å². The van der Waals surface area contributed by atoms with Crippen molar-refractivity contribution in [3.63, 3.8) is 0 Å². The van der Waals surface area contributed by atoms with E-state index in [4.69, 9.17) is 11.6 Å². The first kappa shape index (κ1) is 14.9. The number of halogens is 1. The predicted molar refractivity (Wildman–Crippen MR) is 77.8 cm³/mol. The highest BCUT2D eigenvalue weighted by Crippen LogP contribution is 2.37. The van der Waals surface area contributed by atoms with Gasteiger partial charge in [-0.1, -0.05) is 18.5 Å². The number of nitrogens with one attached hydrogen (secondary N) is 1. The van der Waals surface area contributed by atoms with Gasteiger partial charge in [0.2, 0.25) is 5.91 Å². The molecule has 1 fully saturated rings. The van der Waals surface area contributed by atoms with E-state index in [-0.39, 0.29) is 11.8 Å². The molecule has 4 nitrogen and oxygen atoms in total. The summed E-state index contributed by atoms with van der Waals surface area (Å²) in [6, 6.07) is 5.21. The van der Waals surface area contributed by atoms with Gasteiger partial charge in [-0.05, 0) is 49.4 Å². The molecule has 1 aliphatic rings. The van der Waals surface area contributed by atoms with Gasteiger partial charge in [-0.25, -0.2) is 0 Å². The lowest BCUT2D eigenvalue weighted by Gasteiger charge is -2.16. The number of amides is 1. The Morgan fingerprint density at radius 3 is 2.55 bits per heavy atom. The quantitative estimate of drug-likeness (QED) is 0.899. The monoisotopic (exact) mass is 295 g/mol. The standard InChI is InChI=1S/C15H18ClNO3/c1-8-5-11(12(6-8)15(19)20)14(18)17-13-4-3-10(16)7-9(13)2/h3-4,7-8,11-12H,5-6H2,1-2H3,(H,17,18)(H,19,20)/t8?,11-,12+/m0/s1. The first-order valence-electron chi connectivity index (χ1n) is 6.68. The van der Waals surface area contributed by atoms with Crippen LogP contribution in [-0.2, 0) is 9.59 Å². The molecule has 1 unspecified atom stereocenters. The Morgan fingerprint density at radius 1 is 1.30 bits per heavy atom. The molecule has 3 atom stereocenters. The van der Waals surface area contributed by atoms with Gasteiger partial charge in [0.1, 0.15) is 0 Å². The van der Waals surface area contributed by atoms with Gasteiger partial charge < -0.3 is 10.4 Å². The fraction of sp³-hybridized carbons (Fsp3) is 0.467. The van der Waals surface area contributed by atoms with Crippen LogP contribution < -0.4 is 5.32 Å². The zero-order valence-electron chi connectivity index (χ0n) is 11.5. The first-order valence-corrected chi connectivity index (χ1v) is 7.06. The zero-order chi connectivity index (χ0) is 14.9. The number of aliphatic carboxylic acids is 1. The van der Waals surface area contributed by atoms with E-state index in [1.54, 1.807) is 18.2 Å². The topological polar surface area (TPSA) is 66.4 Å². The molecule has 1 saturated carbocycles. The van der Waals surface area contributed by atoms with Crippen molar-refractivity contribution in [3.8, 4) is 0 Å². The van der Waals surface area contributed by atoms with E-state index in [1.807, 2.05) is 13.8 Å². The third-order valence-corrected chi connectivity index (χ3v) is 4.13. The minimum absolute atomic E-state index is 0.216. The summed E-state index contributed by atoms with van der Waals surface area (Å²) in [4.78, 5) is 23.5. The summed E-state index contributed by atoms with van der Waals surface area (Å²) in [6.45, 7) is 3.84. The lowest BCUT2D eigenvalue weighted by molar-refractivity contribution is -0.145. The first-order chi connectivity index (χ1) is 9.38. The number of benzene rings is 1. The SMILES string of the molecule is Cc1cc(Cl)ccc1NC(=O)[C@H]1CC(C)C[C@H]1C(=O)O. The van der Waals surface area contributed by atoms with Crippen LogP contribution in [-0.4, -0.2) is 17.0 Å². The summed E-state index contributed by atoms with van der Waals surface area (Å²) >= 11 is 5.87. The maximum Gasteiger partial charge on any atom is 0.307 e. The second-order valence-electron chi connectivity index (χ2n) is 5.58. The van der Waals surface area contributed by atoms with E-state index in [0.717, 1.165) is 5.56 Å². The van der Waals surface area contributed by atoms with Gasteiger partial charge >= 0.3 is 5.97 Å². The Labute approximate surface area is 123 Å². The van der Waals surface area contributed by atoms with Crippen LogP contribution >= 0.6 is 11.6 Å². The molecule has 2 rings (SSSR count). The van der Waals surface area contributed by atoms with Crippen LogP contribution in [0.3, 0.4) is 0 Å². The third-order valence-electron chi connectivity index (χ3n) is 3.90. The molecule has 0 aliphatic heterocycles. The second kappa shape index (κ2) is 5.83. The van der Waals surface area contributed by atoms with Crippen LogP contribution in [0.15, 0.2) is 18.2 Å². The zero-order valence-corrected chi connectivity index (χ0v) is 12.3. The van der Waals surface area contributed by atoms with Crippen molar-refractivity contribution in [1.82, 2.24) is 0 Å². The Kier molecular flexibility index (Phi) is 4.33. The number of aryl methyl sites for hydroxylation is 1. The summed E-state index contributed by atoms with van der Waals surface area (Å²) in [5.41, 5.74) is 1.55. The van der Waals surface area contributed by atoms with Crippen molar-refractivity contribution in [2.75, 3.05) is 5.32 Å². The highest BCUT2D eigenvalue weighted by Gasteiger charge is 2.41. The summed E-state index contributed by atoms with van der Waals surface area (Å²) in [5.74, 6) is -1.89. The summed E-state index contributed by atoms with van der Waals surface area (Å²) in [5, 5.41) is 12.6. The van der Waals surface area contributed by atoms with Crippen LogP contribution in [0.25, 0.3) is 0 Å². The molecule has 20 heavy (non-hydrogen) atoms. The molecule has 1 aliphatic carbocycles. The fourth-order valence-corrected chi connectivity index (χ4v) is 3.07. The minimum Gasteiger partial charge on any atom is -0.481 e. The predicted octanol–water partition coefficient (Wildman–Crippen LogP) is 3.33. The lowest BCUT2D eigenvalue weighted by Crippen LogP contribution is -2.30. The van der Waals surface area contributed by atoms with Crippen molar-refractivity contribution >= 4 is 29.2 Å². The molecular formula is C15H18ClNO3. The van der Waals surface area contributed by atoms with Crippen molar-refractivity contribution in [2.45, 2.75) is 26.7 Å². The number of carbonyl (C=O) groups excluding carboxylic acids is 1. The minimum atomic E-state index is -0.887. The average Bonchev–Trinajstić information content (AvgIpc) is 2.75. The number of anilines is 1. The van der Waals surface area contributed by atoms with Gasteiger partial charge in [0, 0.05) is 10.7 Å². The Morgan fingerprint density at radius 2 is 1.95 bits per heavy atom. The van der Waals surface area contributed by atoms with E-state index < -0.39 is 17.8 Å². The number of hydrogen-bond donors (Lipinski definition) is 2. The molecule has 108 valence electrons. The van der Waals surface area contributed by atoms with Crippen molar-refractivity contribution in [3.05, 3.63) is 28.8 Å². The maximum absolute atomic E-state index is 12.3. The van der Waals surface area contributed by atoms with Crippen molar-refractivity contribution in [1.29, 1.82) is 0 Å². The molecule has 1 aromatic carbocycles. The molecule has 0 saturated heterocycles. The van der Waals surface area contributed by atoms with Crippen LogP contribution in [0.1, 0.15) is 25.3 Å².